The third-order valence-electron chi connectivity index (χ3n) is 5.67. The van der Waals surface area contributed by atoms with E-state index < -0.39 is 11.7 Å². The van der Waals surface area contributed by atoms with E-state index in [1.165, 1.54) is 0 Å². The van der Waals surface area contributed by atoms with Crippen LogP contribution in [0.2, 0.25) is 0 Å². The van der Waals surface area contributed by atoms with Gasteiger partial charge >= 0.3 is 0 Å². The molecule has 5 heteroatoms. The van der Waals surface area contributed by atoms with Crippen LogP contribution in [0.3, 0.4) is 0 Å². The summed E-state index contributed by atoms with van der Waals surface area (Å²) in [6, 6.07) is 24.9. The Bertz CT molecular complexity index is 1260. The number of nitrogens with one attached hydrogen (secondary N) is 1. The Hall–Kier alpha value is -3.86. The van der Waals surface area contributed by atoms with Gasteiger partial charge in [-0.1, -0.05) is 60.7 Å². The Kier molecular flexibility index (Phi) is 6.08. The van der Waals surface area contributed by atoms with Gasteiger partial charge in [0.2, 0.25) is 0 Å². The zero-order valence-corrected chi connectivity index (χ0v) is 18.5. The summed E-state index contributed by atoms with van der Waals surface area (Å²) >= 11 is 0. The van der Waals surface area contributed by atoms with E-state index in [0.29, 0.717) is 12.0 Å². The molecule has 0 saturated carbocycles. The molecule has 0 bridgehead atoms. The number of hydrogen-bond donors (Lipinski definition) is 1. The molecule has 0 fully saturated rings. The summed E-state index contributed by atoms with van der Waals surface area (Å²) in [5.41, 5.74) is 4.04. The van der Waals surface area contributed by atoms with Gasteiger partial charge in [-0.25, -0.2) is 0 Å². The maximum absolute atomic E-state index is 13.4. The van der Waals surface area contributed by atoms with Crippen molar-refractivity contribution in [3.63, 3.8) is 0 Å². The molecule has 1 atom stereocenters. The van der Waals surface area contributed by atoms with Crippen molar-refractivity contribution >= 4 is 22.6 Å². The Morgan fingerprint density at radius 2 is 1.59 bits per heavy atom. The first-order valence-corrected chi connectivity index (χ1v) is 10.6. The zero-order valence-electron chi connectivity index (χ0n) is 18.5. The number of rotatable bonds is 7. The van der Waals surface area contributed by atoms with E-state index in [2.05, 4.69) is 5.32 Å². The lowest BCUT2D eigenvalue weighted by Crippen LogP contribution is -2.39. The molecule has 5 nitrogen and oxygen atoms in total. The average molecular weight is 427 g/mol. The van der Waals surface area contributed by atoms with Crippen LogP contribution in [0.25, 0.3) is 22.2 Å². The van der Waals surface area contributed by atoms with Crippen molar-refractivity contribution in [3.05, 3.63) is 90.0 Å². The van der Waals surface area contributed by atoms with E-state index in [-0.39, 0.29) is 6.04 Å². The molecule has 0 aliphatic carbocycles. The van der Waals surface area contributed by atoms with Crippen molar-refractivity contribution in [1.82, 2.24) is 9.88 Å². The van der Waals surface area contributed by atoms with Gasteiger partial charge in [0.05, 0.1) is 18.4 Å². The third-order valence-corrected chi connectivity index (χ3v) is 5.67. The molecule has 32 heavy (non-hydrogen) atoms. The number of Topliss-reactive ketones (excluding diaryl/α,β-unsaturated/α-hetero) is 1. The predicted molar refractivity (Wildman–Crippen MR) is 127 cm³/mol. The second-order valence-electron chi connectivity index (χ2n) is 7.92. The first-order chi connectivity index (χ1) is 15.5. The molecular weight excluding hydrogens is 400 g/mol. The average Bonchev–Trinajstić information content (AvgIpc) is 3.12. The molecule has 4 rings (SSSR count). The molecule has 0 saturated heterocycles. The lowest BCUT2D eigenvalue weighted by atomic mass is 10.0. The van der Waals surface area contributed by atoms with Crippen LogP contribution in [0.5, 0.6) is 5.75 Å². The van der Waals surface area contributed by atoms with Crippen LogP contribution < -0.4 is 10.1 Å². The Balaban J connectivity index is 1.62. The zero-order chi connectivity index (χ0) is 22.7. The topological polar surface area (TPSA) is 60.3 Å². The third kappa shape index (κ3) is 4.14. The largest absolute Gasteiger partial charge is 0.497 e. The fraction of sp³-hybridized carbons (Fsp3) is 0.185. The molecular formula is C27H26N2O3. The highest BCUT2D eigenvalue weighted by Gasteiger charge is 2.27. The molecule has 1 amide bonds. The van der Waals surface area contributed by atoms with Crippen molar-refractivity contribution in [2.45, 2.75) is 19.4 Å². The lowest BCUT2D eigenvalue weighted by Gasteiger charge is -2.14. The highest BCUT2D eigenvalue weighted by Crippen LogP contribution is 2.33. The molecule has 0 unspecified atom stereocenters. The number of hydrogen-bond acceptors (Lipinski definition) is 3. The van der Waals surface area contributed by atoms with Gasteiger partial charge in [-0.15, -0.1) is 0 Å². The van der Waals surface area contributed by atoms with E-state index in [1.807, 2.05) is 97.4 Å². The highest BCUT2D eigenvalue weighted by molar-refractivity contribution is 6.46. The minimum atomic E-state index is -0.598. The minimum absolute atomic E-state index is 0.199. The van der Waals surface area contributed by atoms with Crippen molar-refractivity contribution < 1.29 is 14.3 Å². The van der Waals surface area contributed by atoms with Gasteiger partial charge in [-0.3, -0.25) is 9.59 Å². The molecule has 4 aromatic rings. The minimum Gasteiger partial charge on any atom is -0.497 e. The molecule has 1 N–H and O–H groups in total. The number of methoxy groups -OCH3 is 1. The van der Waals surface area contributed by atoms with E-state index in [0.717, 1.165) is 33.5 Å². The number of aryl methyl sites for hydroxylation is 1. The number of nitrogens with zero attached hydrogens (tertiary/aromatic N) is 1. The van der Waals surface area contributed by atoms with E-state index in [4.69, 9.17) is 4.74 Å². The molecule has 0 aliphatic rings. The van der Waals surface area contributed by atoms with Gasteiger partial charge in [-0.2, -0.15) is 0 Å². The molecule has 0 aliphatic heterocycles. The number of aromatic nitrogens is 1. The van der Waals surface area contributed by atoms with Gasteiger partial charge < -0.3 is 14.6 Å². The first kappa shape index (κ1) is 21.4. The quantitative estimate of drug-likeness (QED) is 0.342. The summed E-state index contributed by atoms with van der Waals surface area (Å²) in [7, 11) is 3.55. The van der Waals surface area contributed by atoms with Gasteiger partial charge in [0.25, 0.3) is 11.7 Å². The van der Waals surface area contributed by atoms with Crippen molar-refractivity contribution in [2.75, 3.05) is 7.11 Å². The monoisotopic (exact) mass is 426 g/mol. The second-order valence-corrected chi connectivity index (χ2v) is 7.92. The Morgan fingerprint density at radius 1 is 0.938 bits per heavy atom. The smallest absolute Gasteiger partial charge is 0.292 e. The number of carbonyl (C=O) groups is 2. The van der Waals surface area contributed by atoms with Crippen LogP contribution >= 0.6 is 0 Å². The molecule has 1 heterocycles. The number of amides is 1. The number of benzene rings is 3. The normalized spacial score (nSPS) is 11.8. The molecule has 162 valence electrons. The summed E-state index contributed by atoms with van der Waals surface area (Å²) in [5.74, 6) is -0.341. The molecule has 0 radical (unpaired) electrons. The van der Waals surface area contributed by atoms with E-state index in [1.54, 1.807) is 7.11 Å². The summed E-state index contributed by atoms with van der Waals surface area (Å²) in [4.78, 5) is 26.4. The van der Waals surface area contributed by atoms with Crippen molar-refractivity contribution in [1.29, 1.82) is 0 Å². The van der Waals surface area contributed by atoms with Crippen LogP contribution in [-0.2, 0) is 18.3 Å². The van der Waals surface area contributed by atoms with Crippen LogP contribution in [0, 0.1) is 0 Å². The second kappa shape index (κ2) is 9.10. The van der Waals surface area contributed by atoms with Gasteiger partial charge in [0, 0.05) is 24.0 Å². The maximum atomic E-state index is 13.4. The van der Waals surface area contributed by atoms with Gasteiger partial charge in [0.15, 0.2) is 0 Å². The Labute approximate surface area is 187 Å². The van der Waals surface area contributed by atoms with Crippen molar-refractivity contribution in [3.8, 4) is 17.0 Å². The first-order valence-electron chi connectivity index (χ1n) is 10.6. The fourth-order valence-electron chi connectivity index (χ4n) is 4.13. The van der Waals surface area contributed by atoms with E-state index in [9.17, 15) is 9.59 Å². The Morgan fingerprint density at radius 3 is 2.28 bits per heavy atom. The van der Waals surface area contributed by atoms with Crippen LogP contribution in [0.1, 0.15) is 22.8 Å². The fourth-order valence-corrected chi connectivity index (χ4v) is 4.13. The summed E-state index contributed by atoms with van der Waals surface area (Å²) in [6.07, 6.45) is 0.615. The number of fused-ring (bicyclic) bond motifs is 1. The van der Waals surface area contributed by atoms with Crippen molar-refractivity contribution in [2.24, 2.45) is 7.05 Å². The van der Waals surface area contributed by atoms with Gasteiger partial charge in [-0.05, 0) is 42.7 Å². The number of ether oxygens (including phenoxy) is 1. The number of para-hydroxylation sites is 1. The summed E-state index contributed by atoms with van der Waals surface area (Å²) < 4.78 is 7.17. The van der Waals surface area contributed by atoms with Gasteiger partial charge in [0.1, 0.15) is 5.75 Å². The van der Waals surface area contributed by atoms with E-state index >= 15 is 0 Å². The standard InChI is InChI=1S/C27H26N2O3/c1-18(17-19-13-15-21(32-3)16-14-19)28-27(31)26(30)24-22-11-7-8-12-23(22)29(2)25(24)20-9-5-4-6-10-20/h4-16,18H,17H2,1-3H3,(H,28,31)/t18-/m1/s1. The maximum Gasteiger partial charge on any atom is 0.292 e. The van der Waals surface area contributed by atoms with Crippen LogP contribution in [0.4, 0.5) is 0 Å². The lowest BCUT2D eigenvalue weighted by molar-refractivity contribution is -0.117. The molecule has 3 aromatic carbocycles. The SMILES string of the molecule is COc1ccc(C[C@@H](C)NC(=O)C(=O)c2c(-c3ccccc3)n(C)c3ccccc23)cc1. The van der Waals surface area contributed by atoms with Crippen LogP contribution in [-0.4, -0.2) is 29.4 Å². The molecule has 1 aromatic heterocycles. The number of ketones is 1. The predicted octanol–water partition coefficient (Wildman–Crippen LogP) is 4.78. The summed E-state index contributed by atoms with van der Waals surface area (Å²) in [6.45, 7) is 1.90. The van der Waals surface area contributed by atoms with Crippen LogP contribution in [0.15, 0.2) is 78.9 Å². The highest BCUT2D eigenvalue weighted by atomic mass is 16.5. The summed E-state index contributed by atoms with van der Waals surface area (Å²) in [5, 5.41) is 3.65. The molecule has 0 spiro atoms. The number of carbonyl (C=O) groups excluding carboxylic acids is 2.